The molecule has 112 heavy (non-hydrogen) atoms. The van der Waals surface area contributed by atoms with Crippen molar-refractivity contribution >= 4 is 88.3 Å². The first kappa shape index (κ1) is 103. The molecule has 3 saturated heterocycles. The fraction of sp³-hybridized carbons (Fsp3) is 0.644. The van der Waals surface area contributed by atoms with E-state index in [-0.39, 0.29) is 23.9 Å². The van der Waals surface area contributed by atoms with Gasteiger partial charge in [0, 0.05) is 62.2 Å². The Morgan fingerprint density at radius 1 is 0.500 bits per heavy atom. The molecule has 3 fully saturated rings. The van der Waals surface area contributed by atoms with Crippen molar-refractivity contribution in [1.29, 1.82) is 0 Å². The molecule has 0 aromatic heterocycles. The van der Waals surface area contributed by atoms with Gasteiger partial charge in [0.25, 0.3) is 0 Å². The predicted molar refractivity (Wildman–Crippen MR) is 472 cm³/mol. The molecule has 0 aliphatic carbocycles. The summed E-state index contributed by atoms with van der Waals surface area (Å²) in [4.78, 5) is 65.8. The summed E-state index contributed by atoms with van der Waals surface area (Å²) in [7, 11) is 5.35. The minimum absolute atomic E-state index is 0.218. The summed E-state index contributed by atoms with van der Waals surface area (Å²) in [5, 5.41) is 13.2. The second-order valence-electron chi connectivity index (χ2n) is 32.7. The number of aliphatic imine (C=N–C) groups is 4. The molecule has 6 rings (SSSR count). The van der Waals surface area contributed by atoms with Gasteiger partial charge in [-0.15, -0.1) is 0 Å². The number of hydrogen-bond donors (Lipinski definition) is 3. The average molecular weight is 1550 g/mol. The van der Waals surface area contributed by atoms with E-state index in [0.717, 1.165) is 135 Å². The number of carboxylic acids is 1. The number of anilines is 3. The van der Waals surface area contributed by atoms with Crippen molar-refractivity contribution in [2.75, 3.05) is 101 Å². The molecule has 0 radical (unpaired) electrons. The molecule has 25 heteroatoms. The molecule has 0 unspecified atom stereocenters. The van der Waals surface area contributed by atoms with Gasteiger partial charge in [-0.25, -0.2) is 0 Å². The van der Waals surface area contributed by atoms with Gasteiger partial charge in [0.2, 0.25) is 0 Å². The number of carboxylic acid groups (broad SMARTS) is 1. The second-order valence-corrected chi connectivity index (χ2v) is 32.7. The van der Waals surface area contributed by atoms with Gasteiger partial charge in [0.15, 0.2) is 0 Å². The average Bonchev–Trinajstić information content (AvgIpc) is 0.836. The predicted octanol–water partition coefficient (Wildman–Crippen LogP) is 14.6. The zero-order valence-electron chi connectivity index (χ0n) is 72.7. The van der Waals surface area contributed by atoms with Crippen LogP contribution in [0.1, 0.15) is 198 Å². The van der Waals surface area contributed by atoms with Crippen LogP contribution in [0.4, 0.5) is 17.1 Å². The number of aliphatic carboxylic acids is 1. The fourth-order valence-corrected chi connectivity index (χ4v) is 13.3. The third-order valence-electron chi connectivity index (χ3n) is 19.2. The number of hydroxylamine groups is 2. The van der Waals surface area contributed by atoms with Gasteiger partial charge in [-0.3, -0.25) is 0 Å². The number of hydrogen-bond acceptors (Lipinski definition) is 19. The first-order valence-electron chi connectivity index (χ1n) is 40.9. The zero-order valence-corrected chi connectivity index (χ0v) is 72.7. The normalized spacial score (nSPS) is 15.6. The van der Waals surface area contributed by atoms with Crippen LogP contribution in [0.5, 0.6) is 0 Å². The maximum absolute atomic E-state index is 11.7. The van der Waals surface area contributed by atoms with Crippen LogP contribution in [-0.2, 0) is 38.0 Å². The van der Waals surface area contributed by atoms with Crippen LogP contribution in [-0.4, -0.2) is 226 Å². The van der Waals surface area contributed by atoms with E-state index in [1.54, 1.807) is 0 Å². The van der Waals surface area contributed by atoms with E-state index in [2.05, 4.69) is 231 Å². The molecule has 3 aromatic carbocycles. The van der Waals surface area contributed by atoms with Crippen LogP contribution in [0.2, 0.25) is 0 Å². The Balaban J connectivity index is 0.000000697. The quantitative estimate of drug-likeness (QED) is 0.0158. The number of nitrogens with zero attached hydrogens (tertiary/aromatic N) is 10. The number of nitrogens with two attached hydrogens (primary N) is 1. The maximum atomic E-state index is 11.7. The summed E-state index contributed by atoms with van der Waals surface area (Å²) >= 11 is 0. The second kappa shape index (κ2) is 60.4. The number of aryl methyl sites for hydroxylation is 3. The van der Waals surface area contributed by atoms with Gasteiger partial charge in [0.1, 0.15) is 0 Å². The number of benzene rings is 3. The summed E-state index contributed by atoms with van der Waals surface area (Å²) in [5.74, 6) is 1.05. The van der Waals surface area contributed by atoms with Gasteiger partial charge in [-0.1, -0.05) is 78.1 Å². The van der Waals surface area contributed by atoms with E-state index in [1.165, 1.54) is 96.4 Å². The van der Waals surface area contributed by atoms with E-state index < -0.39 is 18.1 Å². The topological polar surface area (TPSA) is 256 Å². The van der Waals surface area contributed by atoms with Crippen molar-refractivity contribution in [1.82, 2.24) is 20.2 Å². The van der Waals surface area contributed by atoms with Gasteiger partial charge >= 0.3 is 379 Å². The van der Waals surface area contributed by atoms with Gasteiger partial charge < -0.3 is 25.8 Å². The number of nitrogens with one attached hydrogen (secondary N) is 1. The number of aldehydes is 1. The number of amides is 1. The van der Waals surface area contributed by atoms with Crippen LogP contribution >= 0.6 is 0 Å². The molecule has 5 atom stereocenters. The van der Waals surface area contributed by atoms with Crippen LogP contribution in [0, 0.1) is 50.4 Å². The number of likely N-dealkylation sites (tertiary alicyclic amines) is 2. The zero-order chi connectivity index (χ0) is 84.1. The number of carbonyl (C=O) groups excluding carboxylic acids is 2. The SMILES string of the molecule is CC(C)=CCN(c1ccc(C)cc1)C1CCN(C[C@@H](N)CC(C)C)CC1.CC(C)=CCN(c1ccc(C)cc1)C1CCN(C[C@H](CC(C)C)N=CB=O)CC1.CC(C)=CCN(c1ccc(C)cc1)C1CCNCC1.CC(C)C[C@@H](C=O)N=CB=O.CC(C)C[C@H](N=CB=O)C(=O)O.CON(C)C(=O)[C@H](CC(C)C)N=CB=O. The molecule has 0 saturated carbocycles. The third-order valence-corrected chi connectivity index (χ3v) is 19.2. The van der Waals surface area contributed by atoms with Gasteiger partial charge in [-0.2, -0.15) is 0 Å². The summed E-state index contributed by atoms with van der Waals surface area (Å²) in [6, 6.07) is 27.6. The molecular weight excluding hydrogens is 1400 g/mol. The monoisotopic (exact) mass is 1550 g/mol. The van der Waals surface area contributed by atoms with Crippen molar-refractivity contribution in [2.45, 2.75) is 251 Å². The molecule has 618 valence electrons. The number of carbonyl (C=O) groups is 3. The molecule has 3 aliphatic rings. The van der Waals surface area contributed by atoms with Crippen LogP contribution in [0.25, 0.3) is 0 Å². The van der Waals surface area contributed by atoms with Crippen molar-refractivity contribution in [3.05, 3.63) is 124 Å². The standard InChI is InChI=1S/C24H38BN3O.C23H39N3.C17H26N2.C9H17BN2O3.C7H12BNO3.C7H12BNO2/c1-19(2)10-15-28(23-8-6-21(5)7-9-23)24-11-13-27(14-12-24)17-22(16-20(3)4)26-18-25-29;1-18(2)10-15-26(22-8-6-20(5)7-9-22)23-11-13-25(14-12-23)17-21(24)16-19(3)4;1-14(2)10-13-19(17-8-11-18-12-9-17)16-6-4-15(3)5-7-16;1-7(2)5-8(11-6-10-14)9(13)12(3)15-4;1-5(2)3-6(7(10)11)9-4-8-12;1-6(2)3-7(4-10)9-5-8-11/h6-10,18,20,22,24H,11-17H2,1-5H3;6-10,19,21,23H,11-17,24H2,1-5H3;4-7,10,17-18H,8-9,11-13H2,1-3H3;6-8H,5H2,1-4H3;4-6H,3H2,1-2H3,(H,10,11);4-7H,3H2,1-2H3/t22-;21-;;8-;6-;7-/m00.000/s1. The number of piperidine rings is 3. The Bertz CT molecular complexity index is 3300. The number of likely N-dealkylation sites (N-methyl/N-ethyl adjacent to an activating group) is 1. The van der Waals surface area contributed by atoms with Gasteiger partial charge in [0.05, 0.1) is 0 Å². The van der Waals surface area contributed by atoms with Crippen LogP contribution in [0.15, 0.2) is 128 Å². The Labute approximate surface area is 679 Å². The van der Waals surface area contributed by atoms with E-state index in [1.807, 2.05) is 41.5 Å². The van der Waals surface area contributed by atoms with E-state index in [4.69, 9.17) is 15.7 Å². The van der Waals surface area contributed by atoms with Crippen molar-refractivity contribution in [2.24, 2.45) is 55.3 Å². The number of allylic oxidation sites excluding steroid dienone is 3. The van der Waals surface area contributed by atoms with Crippen LogP contribution in [0.3, 0.4) is 0 Å². The van der Waals surface area contributed by atoms with Crippen molar-refractivity contribution in [3.63, 3.8) is 0 Å². The Hall–Kier alpha value is -7.17. The minimum atomic E-state index is -0.984. The summed E-state index contributed by atoms with van der Waals surface area (Å²) in [6.07, 6.45) is 23.6. The van der Waals surface area contributed by atoms with E-state index >= 15 is 0 Å². The molecule has 3 heterocycles. The number of rotatable bonds is 38. The first-order valence-corrected chi connectivity index (χ1v) is 40.9. The molecule has 1 amide bonds. The van der Waals surface area contributed by atoms with Crippen molar-refractivity contribution < 1.29 is 43.1 Å². The van der Waals surface area contributed by atoms with Crippen molar-refractivity contribution in [3.8, 4) is 0 Å². The Kier molecular flexibility index (Phi) is 55.5. The van der Waals surface area contributed by atoms with Gasteiger partial charge in [-0.05, 0) is 138 Å². The Morgan fingerprint density at radius 3 is 1.16 bits per heavy atom. The molecule has 3 aromatic rings. The fourth-order valence-electron chi connectivity index (χ4n) is 13.3. The Morgan fingerprint density at radius 2 is 0.830 bits per heavy atom. The molecular formula is C87H144B4N12O9. The van der Waals surface area contributed by atoms with E-state index in [0.29, 0.717) is 88.6 Å². The summed E-state index contributed by atoms with van der Waals surface area (Å²) < 4.78 is 40.6. The summed E-state index contributed by atoms with van der Waals surface area (Å²) in [5.41, 5.74) is 18.5. The van der Waals surface area contributed by atoms with E-state index in [9.17, 15) is 33.2 Å². The molecule has 3 aliphatic heterocycles. The third kappa shape index (κ3) is 47.5. The molecule has 21 nitrogen and oxygen atoms in total. The molecule has 0 spiro atoms. The first-order chi connectivity index (χ1) is 53.2. The summed E-state index contributed by atoms with van der Waals surface area (Å²) in [6.45, 7) is 52.1. The molecule has 0 bridgehead atoms. The molecule has 4 N–H and O–H groups in total. The van der Waals surface area contributed by atoms with Crippen LogP contribution < -0.4 is 25.8 Å².